The molecule has 3 N–H and O–H groups in total. The lowest BCUT2D eigenvalue weighted by Crippen LogP contribution is -2.41. The number of fused-ring (bicyclic) bond motifs is 3. The molecule has 0 radical (unpaired) electrons. The molecule has 10 amide bonds. The third kappa shape index (κ3) is 25.7. The molecule has 16 heterocycles. The summed E-state index contributed by atoms with van der Waals surface area (Å²) in [5, 5.41) is 57.7. The van der Waals surface area contributed by atoms with E-state index < -0.39 is 52.7 Å². The third-order valence-corrected chi connectivity index (χ3v) is 23.1. The zero-order chi connectivity index (χ0) is 104. The van der Waals surface area contributed by atoms with Crippen molar-refractivity contribution in [3.63, 3.8) is 0 Å². The van der Waals surface area contributed by atoms with Gasteiger partial charge in [-0.15, -0.1) is 10.2 Å². The summed E-state index contributed by atoms with van der Waals surface area (Å²) in [6.45, 7) is 17.0. The number of aromatic nitrogens is 13. The molecule has 8 aliphatic heterocycles. The Morgan fingerprint density at radius 1 is 0.449 bits per heavy atom. The predicted octanol–water partition coefficient (Wildman–Crippen LogP) is 11.9. The van der Waals surface area contributed by atoms with Gasteiger partial charge in [0.25, 0.3) is 41.4 Å². The molecule has 754 valence electrons. The van der Waals surface area contributed by atoms with Gasteiger partial charge < -0.3 is 43.8 Å². The molecular formula is C101H93BrClF3N24O17. The number of aromatic amines is 1. The number of benzene rings is 5. The summed E-state index contributed by atoms with van der Waals surface area (Å²) in [4.78, 5) is 142. The van der Waals surface area contributed by atoms with Crippen LogP contribution >= 0.6 is 27.5 Å². The van der Waals surface area contributed by atoms with Gasteiger partial charge >= 0.3 is 12.2 Å². The summed E-state index contributed by atoms with van der Waals surface area (Å²) in [6.07, 6.45) is 6.98. The normalized spacial score (nSPS) is 15.2. The van der Waals surface area contributed by atoms with Crippen molar-refractivity contribution in [2.24, 2.45) is 0 Å². The van der Waals surface area contributed by atoms with Crippen molar-refractivity contribution < 1.29 is 94.3 Å². The zero-order valence-electron chi connectivity index (χ0n) is 79.8. The van der Waals surface area contributed by atoms with E-state index >= 15 is 0 Å². The maximum Gasteiger partial charge on any atom is 0.417 e. The van der Waals surface area contributed by atoms with E-state index in [1.807, 2.05) is 88.5 Å². The van der Waals surface area contributed by atoms with E-state index in [1.54, 1.807) is 88.1 Å². The molecule has 21 rings (SSSR count). The fourth-order valence-electron chi connectivity index (χ4n) is 15.7. The molecule has 0 aliphatic carbocycles. The van der Waals surface area contributed by atoms with Crippen molar-refractivity contribution >= 4 is 110 Å². The van der Waals surface area contributed by atoms with Crippen LogP contribution in [0.5, 0.6) is 0 Å². The fourth-order valence-corrected chi connectivity index (χ4v) is 16.3. The fraction of sp³-hybridized carbons (Fsp3) is 0.277. The van der Waals surface area contributed by atoms with Crippen molar-refractivity contribution in [1.82, 2.24) is 84.7 Å². The second-order valence-corrected chi connectivity index (χ2v) is 36.1. The van der Waals surface area contributed by atoms with Crippen LogP contribution < -0.4 is 30.2 Å². The molecule has 13 aromatic rings. The minimum atomic E-state index is -0.850. The first kappa shape index (κ1) is 104. The molecule has 147 heavy (non-hydrogen) atoms. The maximum atomic E-state index is 14.9. The second-order valence-electron chi connectivity index (χ2n) is 34.9. The predicted molar refractivity (Wildman–Crippen MR) is 524 cm³/mol. The molecule has 0 spiro atoms. The molecule has 0 unspecified atom stereocenters. The summed E-state index contributed by atoms with van der Waals surface area (Å²) < 4.78 is 87.1. The minimum absolute atomic E-state index is 0.00660. The van der Waals surface area contributed by atoms with Crippen LogP contribution in [-0.2, 0) is 89.9 Å². The number of ether oxygens (including phenoxy) is 7. The summed E-state index contributed by atoms with van der Waals surface area (Å²) in [5.41, 5.74) is 3.46. The summed E-state index contributed by atoms with van der Waals surface area (Å²) in [5.74, 6) is -1.84. The van der Waals surface area contributed by atoms with Crippen LogP contribution in [0.15, 0.2) is 199 Å². The summed E-state index contributed by atoms with van der Waals surface area (Å²) in [6, 6.07) is 51.7. The zero-order valence-corrected chi connectivity index (χ0v) is 82.2. The van der Waals surface area contributed by atoms with Crippen LogP contribution in [-0.4, -0.2) is 244 Å². The van der Waals surface area contributed by atoms with Gasteiger partial charge in [-0.1, -0.05) is 90.5 Å². The molecule has 46 heteroatoms. The standard InChI is InChI=1S/C26H23FN6O5.C21H15FN6O3.C19H15ClFN3O3.C14H15N3O2.C10H9BrN2.C7H9N3O2.C4H7NO2/c1-26(2,3)38-25(36)32-13-18-23(24(32)35)19(11-17(29-18)22-15(12-28)5-4-6-16(22)27)33-8-7-20(30-33)31-9-10-37-14-21(31)34;22-13-3-1-2-12(9-23)19(13)14-8-16(20-15(25-14)10-24-21(20)30)28-5-4-17(26-28)27-6-7-31-11-18(27)29;1-19(2,3)27-18(26)24-9-14-16(17(24)25)11(20)7-13(23-14)15-10(8-22)5-4-6-12(15)21;18-14-11-19-9-8-17(14)13-6-7-16(15-13)10-12-4-2-1-3-5-12;11-10-6-7-13(12-10)8-9-4-2-1-3-5-9;11-7-5-12-4-3-10(7)6-1-2-8-9-6;6-4-3-7-2-1-5-4/h4-8,11H,9-10,13-14H2,1-3H3;1-5,8H,6-7,10-11H2,(H,24,30);4-7H,9H2,1-3H3;1-7H,8-11H2;1-7H,8H2;1-2H,3-5H2,(H,8,9);1-3H2,(H,5,6). The molecule has 41 nitrogen and oxygen atoms in total. The van der Waals surface area contributed by atoms with Gasteiger partial charge in [-0.05, 0) is 129 Å². The number of H-pyrrole nitrogens is 1. The molecule has 5 saturated heterocycles. The quantitative estimate of drug-likeness (QED) is 0.0965. The number of morpholine rings is 5. The highest BCUT2D eigenvalue weighted by Gasteiger charge is 2.42. The van der Waals surface area contributed by atoms with E-state index in [9.17, 15) is 76.9 Å². The highest BCUT2D eigenvalue weighted by Crippen LogP contribution is 2.39. The Morgan fingerprint density at radius 3 is 1.27 bits per heavy atom. The van der Waals surface area contributed by atoms with Crippen molar-refractivity contribution in [2.45, 2.75) is 85.5 Å². The van der Waals surface area contributed by atoms with E-state index in [4.69, 9.17) is 44.8 Å². The van der Waals surface area contributed by atoms with Crippen LogP contribution in [0.3, 0.4) is 0 Å². The van der Waals surface area contributed by atoms with Crippen molar-refractivity contribution in [3.8, 4) is 63.4 Å². The Kier molecular flexibility index (Phi) is 33.5. The monoisotopic (exact) mass is 2080 g/mol. The number of pyridine rings is 3. The largest absolute Gasteiger partial charge is 0.443 e. The van der Waals surface area contributed by atoms with E-state index in [-0.39, 0.29) is 172 Å². The summed E-state index contributed by atoms with van der Waals surface area (Å²) in [7, 11) is 0. The number of nitriles is 3. The van der Waals surface area contributed by atoms with Crippen LogP contribution in [0.1, 0.15) is 118 Å². The minimum Gasteiger partial charge on any atom is -0.443 e. The Balaban J connectivity index is 0.000000135. The average Bonchev–Trinajstić information content (AvgIpc) is 1.56. The lowest BCUT2D eigenvalue weighted by atomic mass is 10.0. The van der Waals surface area contributed by atoms with Crippen LogP contribution in [0, 0.1) is 51.4 Å². The number of halogens is 5. The second kappa shape index (κ2) is 47.1. The number of carbonyl (C=O) groups excluding carboxylic acids is 10. The first-order valence-corrected chi connectivity index (χ1v) is 46.9. The van der Waals surface area contributed by atoms with Gasteiger partial charge in [0.2, 0.25) is 5.91 Å². The van der Waals surface area contributed by atoms with Gasteiger partial charge in [0.1, 0.15) is 72.1 Å². The third-order valence-electron chi connectivity index (χ3n) is 22.4. The molecule has 0 saturated carbocycles. The average molecular weight is 2090 g/mol. The van der Waals surface area contributed by atoms with Gasteiger partial charge in [0.05, 0.1) is 217 Å². The topological polar surface area (TPSA) is 489 Å². The van der Waals surface area contributed by atoms with E-state index in [0.717, 1.165) is 26.8 Å². The SMILES string of the molecule is Brc1ccn(Cc2ccccc2)n1.CC(C)(C)OC(=O)N1Cc2nc(-c3c(F)cccc3C#N)cc(-n3ccc(N4CCOCC4=O)n3)c2C1=O.CC(C)(C)OC(=O)N1Cc2nc(-c3c(F)cccc3C#N)cc(Cl)c2C1=O.N#Cc1cccc(F)c1-c1cc(-n2ccc(N3CCOCC3=O)n2)c2c(n1)CNC2=O.O=C1COCCN1.O=C1COCCN1c1ccn(Cc2ccccc2)n1.O=C1COCCN1c1ccn[nH]1. The number of imide groups is 2. The van der Waals surface area contributed by atoms with Crippen LogP contribution in [0.2, 0.25) is 5.02 Å². The van der Waals surface area contributed by atoms with Gasteiger partial charge in [-0.3, -0.25) is 72.4 Å². The summed E-state index contributed by atoms with van der Waals surface area (Å²) >= 11 is 9.54. The molecule has 5 aromatic carbocycles. The van der Waals surface area contributed by atoms with E-state index in [2.05, 4.69) is 96.4 Å². The van der Waals surface area contributed by atoms with Crippen LogP contribution in [0.4, 0.5) is 46.0 Å². The number of rotatable bonds is 13. The molecular weight excluding hydrogens is 1990 g/mol. The lowest BCUT2D eigenvalue weighted by Gasteiger charge is -2.24. The van der Waals surface area contributed by atoms with Crippen LogP contribution in [0.25, 0.3) is 45.1 Å². The molecule has 0 bridgehead atoms. The van der Waals surface area contributed by atoms with Crippen molar-refractivity contribution in [2.75, 3.05) is 118 Å². The maximum absolute atomic E-state index is 14.9. The number of carbonyl (C=O) groups is 10. The molecule has 0 atom stereocenters. The Labute approximate surface area is 850 Å². The van der Waals surface area contributed by atoms with Gasteiger partial charge in [-0.2, -0.15) is 31.1 Å². The number of hydrogen-bond acceptors (Lipinski definition) is 28. The number of amides is 10. The number of hydrogen-bond donors (Lipinski definition) is 3. The highest BCUT2D eigenvalue weighted by atomic mass is 79.9. The number of nitrogens with zero attached hydrogens (tertiary/aromatic N) is 21. The highest BCUT2D eigenvalue weighted by molar-refractivity contribution is 9.10. The van der Waals surface area contributed by atoms with Crippen molar-refractivity contribution in [1.29, 1.82) is 15.8 Å². The van der Waals surface area contributed by atoms with Gasteiger partial charge in [0.15, 0.2) is 17.5 Å². The van der Waals surface area contributed by atoms with Gasteiger partial charge in [0, 0.05) is 55.6 Å². The lowest BCUT2D eigenvalue weighted by molar-refractivity contribution is -0.129. The number of anilines is 4. The Bertz CT molecular complexity index is 7270. The first-order chi connectivity index (χ1) is 70.7. The Hall–Kier alpha value is -16.9. The smallest absolute Gasteiger partial charge is 0.417 e. The van der Waals surface area contributed by atoms with Gasteiger partial charge in [-0.25, -0.2) is 56.9 Å². The van der Waals surface area contributed by atoms with Crippen molar-refractivity contribution in [3.05, 3.63) is 283 Å². The number of nitrogens with one attached hydrogen (secondary N) is 3. The Morgan fingerprint density at radius 2 is 0.857 bits per heavy atom. The van der Waals surface area contributed by atoms with E-state index in [1.165, 1.54) is 103 Å². The molecule has 8 aromatic heterocycles. The molecule has 8 aliphatic rings. The molecule has 5 fully saturated rings. The van der Waals surface area contributed by atoms with E-state index in [0.29, 0.717) is 107 Å². The first-order valence-electron chi connectivity index (χ1n) is 45.7.